The van der Waals surface area contributed by atoms with E-state index in [-0.39, 0.29) is 6.03 Å². The van der Waals surface area contributed by atoms with Crippen molar-refractivity contribution in [3.63, 3.8) is 0 Å². The summed E-state index contributed by atoms with van der Waals surface area (Å²) in [6.45, 7) is 5.86. The van der Waals surface area contributed by atoms with Gasteiger partial charge in [0.25, 0.3) is 0 Å². The first-order valence-corrected chi connectivity index (χ1v) is 11.2. The van der Waals surface area contributed by atoms with E-state index in [1.165, 1.54) is 23.3 Å². The Morgan fingerprint density at radius 1 is 1.00 bits per heavy atom. The Kier molecular flexibility index (Phi) is 8.20. The van der Waals surface area contributed by atoms with Gasteiger partial charge in [-0.1, -0.05) is 44.0 Å². The number of anilines is 1. The SMILES string of the molecule is CCCCCN(Cc1cccn1Cc1ccccc1C)C(=O)Nc1ccc(C(F)(F)F)cc1. The van der Waals surface area contributed by atoms with Crippen LogP contribution in [0, 0.1) is 6.92 Å². The molecule has 2 amide bonds. The predicted octanol–water partition coefficient (Wildman–Crippen LogP) is 7.09. The van der Waals surface area contributed by atoms with Crippen molar-refractivity contribution in [1.82, 2.24) is 9.47 Å². The maximum Gasteiger partial charge on any atom is 0.416 e. The Morgan fingerprint density at radius 2 is 1.73 bits per heavy atom. The van der Waals surface area contributed by atoms with Gasteiger partial charge in [0.1, 0.15) is 0 Å². The number of hydrogen-bond donors (Lipinski definition) is 1. The van der Waals surface area contributed by atoms with Crippen molar-refractivity contribution in [2.24, 2.45) is 0 Å². The molecule has 4 nitrogen and oxygen atoms in total. The molecule has 0 aliphatic heterocycles. The molecule has 0 fully saturated rings. The summed E-state index contributed by atoms with van der Waals surface area (Å²) in [6, 6.07) is 16.3. The van der Waals surface area contributed by atoms with E-state index in [0.29, 0.717) is 25.3 Å². The predicted molar refractivity (Wildman–Crippen MR) is 125 cm³/mol. The van der Waals surface area contributed by atoms with Gasteiger partial charge in [0.05, 0.1) is 12.1 Å². The van der Waals surface area contributed by atoms with E-state index in [9.17, 15) is 18.0 Å². The lowest BCUT2D eigenvalue weighted by atomic mass is 10.1. The van der Waals surface area contributed by atoms with Crippen molar-refractivity contribution in [2.75, 3.05) is 11.9 Å². The Bertz CT molecular complexity index is 1040. The van der Waals surface area contributed by atoms with E-state index in [0.717, 1.165) is 37.1 Å². The molecule has 1 N–H and O–H groups in total. The molecular formula is C26H30F3N3O. The van der Waals surface area contributed by atoms with E-state index < -0.39 is 11.7 Å². The van der Waals surface area contributed by atoms with Gasteiger partial charge in [0.15, 0.2) is 0 Å². The lowest BCUT2D eigenvalue weighted by Crippen LogP contribution is -2.36. The van der Waals surface area contributed by atoms with Crippen LogP contribution in [-0.4, -0.2) is 22.0 Å². The van der Waals surface area contributed by atoms with Gasteiger partial charge in [-0.25, -0.2) is 4.79 Å². The number of urea groups is 1. The molecule has 0 spiro atoms. The number of aryl methyl sites for hydroxylation is 1. The zero-order valence-electron chi connectivity index (χ0n) is 19.0. The monoisotopic (exact) mass is 457 g/mol. The van der Waals surface area contributed by atoms with Crippen molar-refractivity contribution in [1.29, 1.82) is 0 Å². The molecule has 33 heavy (non-hydrogen) atoms. The number of nitrogens with zero attached hydrogens (tertiary/aromatic N) is 2. The molecule has 0 atom stereocenters. The lowest BCUT2D eigenvalue weighted by molar-refractivity contribution is -0.137. The van der Waals surface area contributed by atoms with E-state index >= 15 is 0 Å². The van der Waals surface area contributed by atoms with Gasteiger partial charge in [-0.15, -0.1) is 0 Å². The maximum absolute atomic E-state index is 13.0. The lowest BCUT2D eigenvalue weighted by Gasteiger charge is -2.24. The highest BCUT2D eigenvalue weighted by Crippen LogP contribution is 2.30. The van der Waals surface area contributed by atoms with Crippen LogP contribution in [0.15, 0.2) is 66.9 Å². The van der Waals surface area contributed by atoms with E-state index in [4.69, 9.17) is 0 Å². The summed E-state index contributed by atoms with van der Waals surface area (Å²) >= 11 is 0. The van der Waals surface area contributed by atoms with Crippen LogP contribution in [-0.2, 0) is 19.3 Å². The highest BCUT2D eigenvalue weighted by Gasteiger charge is 2.30. The minimum absolute atomic E-state index is 0.325. The van der Waals surface area contributed by atoms with Crippen LogP contribution in [0.25, 0.3) is 0 Å². The first-order chi connectivity index (χ1) is 15.8. The molecule has 1 aromatic heterocycles. The molecule has 0 saturated heterocycles. The number of halogens is 3. The number of benzene rings is 2. The number of aromatic nitrogens is 1. The van der Waals surface area contributed by atoms with Crippen LogP contribution in [0.3, 0.4) is 0 Å². The quantitative estimate of drug-likeness (QED) is 0.342. The third-order valence-corrected chi connectivity index (χ3v) is 5.66. The summed E-state index contributed by atoms with van der Waals surface area (Å²) in [5.74, 6) is 0. The fourth-order valence-electron chi connectivity index (χ4n) is 3.66. The minimum Gasteiger partial charge on any atom is -0.345 e. The molecule has 0 bridgehead atoms. The van der Waals surface area contributed by atoms with Crippen LogP contribution in [0.2, 0.25) is 0 Å². The van der Waals surface area contributed by atoms with E-state index in [1.807, 2.05) is 30.5 Å². The molecule has 3 aromatic rings. The normalized spacial score (nSPS) is 11.4. The molecule has 0 aliphatic carbocycles. The molecule has 0 unspecified atom stereocenters. The Labute approximate surface area is 193 Å². The zero-order chi connectivity index (χ0) is 23.8. The largest absolute Gasteiger partial charge is 0.416 e. The van der Waals surface area contributed by atoms with Crippen molar-refractivity contribution >= 4 is 11.7 Å². The Morgan fingerprint density at radius 3 is 2.39 bits per heavy atom. The fourth-order valence-corrected chi connectivity index (χ4v) is 3.66. The smallest absolute Gasteiger partial charge is 0.345 e. The highest BCUT2D eigenvalue weighted by molar-refractivity contribution is 5.89. The molecule has 3 rings (SSSR count). The maximum atomic E-state index is 13.0. The van der Waals surface area contributed by atoms with E-state index in [1.54, 1.807) is 4.90 Å². The molecule has 2 aromatic carbocycles. The van der Waals surface area contributed by atoms with Crippen LogP contribution in [0.4, 0.5) is 23.7 Å². The zero-order valence-corrected chi connectivity index (χ0v) is 19.0. The first-order valence-electron chi connectivity index (χ1n) is 11.2. The van der Waals surface area contributed by atoms with Crippen LogP contribution >= 0.6 is 0 Å². The van der Waals surface area contributed by atoms with E-state index in [2.05, 4.69) is 35.9 Å². The summed E-state index contributed by atoms with van der Waals surface area (Å²) < 4.78 is 40.6. The number of alkyl halides is 3. The summed E-state index contributed by atoms with van der Waals surface area (Å²) in [7, 11) is 0. The van der Waals surface area contributed by atoms with Gasteiger partial charge in [0.2, 0.25) is 0 Å². The van der Waals surface area contributed by atoms with Crippen molar-refractivity contribution in [3.05, 3.63) is 89.2 Å². The third-order valence-electron chi connectivity index (χ3n) is 5.66. The average molecular weight is 458 g/mol. The molecule has 0 aliphatic rings. The van der Waals surface area contributed by atoms with Gasteiger partial charge < -0.3 is 14.8 Å². The second kappa shape index (κ2) is 11.1. The van der Waals surface area contributed by atoms with Crippen molar-refractivity contribution < 1.29 is 18.0 Å². The van der Waals surface area contributed by atoms with Crippen molar-refractivity contribution in [3.8, 4) is 0 Å². The molecule has 0 saturated carbocycles. The molecular weight excluding hydrogens is 427 g/mol. The van der Waals surface area contributed by atoms with Crippen LogP contribution in [0.5, 0.6) is 0 Å². The molecule has 0 radical (unpaired) electrons. The number of unbranched alkanes of at least 4 members (excludes halogenated alkanes) is 2. The van der Waals surface area contributed by atoms with Gasteiger partial charge in [0, 0.05) is 30.7 Å². The average Bonchev–Trinajstić information content (AvgIpc) is 3.21. The standard InChI is InChI=1S/C26H30F3N3O/c1-3-4-7-16-32(25(33)30-23-14-12-22(13-15-23)26(27,28)29)19-24-11-8-17-31(24)18-21-10-6-5-9-20(21)2/h5-6,8-15,17H,3-4,7,16,18-19H2,1-2H3,(H,30,33). The van der Waals surface area contributed by atoms with Crippen LogP contribution < -0.4 is 5.32 Å². The first kappa shape index (κ1) is 24.4. The minimum atomic E-state index is -4.41. The van der Waals surface area contributed by atoms with Gasteiger partial charge in [-0.05, 0) is 60.9 Å². The topological polar surface area (TPSA) is 37.3 Å². The van der Waals surface area contributed by atoms with Gasteiger partial charge >= 0.3 is 12.2 Å². The number of amides is 2. The summed E-state index contributed by atoms with van der Waals surface area (Å²) in [6.07, 6.45) is 0.471. The fraction of sp³-hybridized carbons (Fsp3) is 0.346. The Hall–Kier alpha value is -3.22. The number of carbonyl (C=O) groups is 1. The molecule has 176 valence electrons. The number of carbonyl (C=O) groups excluding carboxylic acids is 1. The number of rotatable bonds is 9. The summed E-state index contributed by atoms with van der Waals surface area (Å²) in [5.41, 5.74) is 3.01. The molecule has 7 heteroatoms. The highest BCUT2D eigenvalue weighted by atomic mass is 19.4. The van der Waals surface area contributed by atoms with Crippen molar-refractivity contribution in [2.45, 2.75) is 52.4 Å². The second-order valence-electron chi connectivity index (χ2n) is 8.19. The Balaban J connectivity index is 1.73. The summed E-state index contributed by atoms with van der Waals surface area (Å²) in [4.78, 5) is 14.7. The van der Waals surface area contributed by atoms with Gasteiger partial charge in [-0.3, -0.25) is 0 Å². The van der Waals surface area contributed by atoms with Gasteiger partial charge in [-0.2, -0.15) is 13.2 Å². The second-order valence-corrected chi connectivity index (χ2v) is 8.19. The third kappa shape index (κ3) is 6.88. The molecule has 1 heterocycles. The summed E-state index contributed by atoms with van der Waals surface area (Å²) in [5, 5.41) is 2.75. The number of hydrogen-bond acceptors (Lipinski definition) is 1. The van der Waals surface area contributed by atoms with Crippen LogP contribution in [0.1, 0.15) is 48.6 Å². The number of nitrogens with one attached hydrogen (secondary N) is 1.